The predicted molar refractivity (Wildman–Crippen MR) is 119 cm³/mol. The minimum Gasteiger partial charge on any atom is -0.497 e. The zero-order chi connectivity index (χ0) is 22.5. The fourth-order valence-electron chi connectivity index (χ4n) is 3.40. The third-order valence-corrected chi connectivity index (χ3v) is 5.06. The first-order chi connectivity index (χ1) is 15.5. The number of aliphatic imine (C=N–C) groups is 1. The summed E-state index contributed by atoms with van der Waals surface area (Å²) in [6.07, 6.45) is -1.28. The SMILES string of the molecule is COc1ccc(CN2C(=Nc3cccc(F)c3)NC(=O)N(Cc3ccccc3)C2O)cc1. The third-order valence-electron chi connectivity index (χ3n) is 5.06. The van der Waals surface area contributed by atoms with Crippen molar-refractivity contribution < 1.29 is 19.0 Å². The Morgan fingerprint density at radius 2 is 1.66 bits per heavy atom. The summed E-state index contributed by atoms with van der Waals surface area (Å²) in [6, 6.07) is 22.0. The average molecular weight is 434 g/mol. The first-order valence-corrected chi connectivity index (χ1v) is 10.1. The number of rotatable bonds is 6. The summed E-state index contributed by atoms with van der Waals surface area (Å²) in [5, 5.41) is 13.9. The van der Waals surface area contributed by atoms with Crippen molar-refractivity contribution in [3.8, 4) is 5.75 Å². The van der Waals surface area contributed by atoms with Crippen molar-refractivity contribution in [1.82, 2.24) is 15.1 Å². The largest absolute Gasteiger partial charge is 0.497 e. The molecule has 2 amide bonds. The van der Waals surface area contributed by atoms with Crippen LogP contribution in [0.15, 0.2) is 83.9 Å². The van der Waals surface area contributed by atoms with Gasteiger partial charge in [0.15, 0.2) is 0 Å². The normalized spacial score (nSPS) is 17.4. The maximum atomic E-state index is 13.7. The number of carbonyl (C=O) groups excluding carboxylic acids is 1. The highest BCUT2D eigenvalue weighted by molar-refractivity contribution is 5.99. The highest BCUT2D eigenvalue weighted by Gasteiger charge is 2.36. The number of ether oxygens (including phenoxy) is 1. The van der Waals surface area contributed by atoms with Crippen molar-refractivity contribution in [3.63, 3.8) is 0 Å². The highest BCUT2D eigenvalue weighted by atomic mass is 19.1. The molecule has 1 atom stereocenters. The number of aliphatic hydroxyl groups is 1. The molecule has 1 saturated heterocycles. The maximum absolute atomic E-state index is 13.7. The number of benzene rings is 3. The van der Waals surface area contributed by atoms with E-state index < -0.39 is 18.2 Å². The van der Waals surface area contributed by atoms with E-state index in [0.717, 1.165) is 11.1 Å². The van der Waals surface area contributed by atoms with Gasteiger partial charge in [0, 0.05) is 0 Å². The van der Waals surface area contributed by atoms with Gasteiger partial charge in [-0.25, -0.2) is 14.2 Å². The Labute approximate surface area is 185 Å². The van der Waals surface area contributed by atoms with Gasteiger partial charge in [-0.1, -0.05) is 48.5 Å². The second-order valence-corrected chi connectivity index (χ2v) is 7.28. The second-order valence-electron chi connectivity index (χ2n) is 7.28. The smallest absolute Gasteiger partial charge is 0.327 e. The van der Waals surface area contributed by atoms with E-state index in [9.17, 15) is 14.3 Å². The fourth-order valence-corrected chi connectivity index (χ4v) is 3.40. The van der Waals surface area contributed by atoms with Crippen LogP contribution in [-0.4, -0.2) is 40.4 Å². The molecule has 3 aromatic rings. The molecule has 1 fully saturated rings. The number of carbonyl (C=O) groups is 1. The zero-order valence-corrected chi connectivity index (χ0v) is 17.5. The Morgan fingerprint density at radius 1 is 0.969 bits per heavy atom. The van der Waals surface area contributed by atoms with Gasteiger partial charge >= 0.3 is 6.03 Å². The summed E-state index contributed by atoms with van der Waals surface area (Å²) in [7, 11) is 1.59. The van der Waals surface area contributed by atoms with E-state index in [1.165, 1.54) is 23.1 Å². The van der Waals surface area contributed by atoms with Crippen molar-refractivity contribution in [1.29, 1.82) is 0 Å². The molecule has 0 aliphatic carbocycles. The number of nitrogens with zero attached hydrogens (tertiary/aromatic N) is 3. The van der Waals surface area contributed by atoms with E-state index in [1.54, 1.807) is 18.1 Å². The van der Waals surface area contributed by atoms with Gasteiger partial charge in [-0.15, -0.1) is 0 Å². The van der Waals surface area contributed by atoms with Crippen LogP contribution in [0.1, 0.15) is 11.1 Å². The number of methoxy groups -OCH3 is 1. The van der Waals surface area contributed by atoms with Crippen LogP contribution >= 0.6 is 0 Å². The number of urea groups is 1. The number of hydrogen-bond donors (Lipinski definition) is 2. The average Bonchev–Trinajstić information content (AvgIpc) is 2.80. The number of hydrogen-bond acceptors (Lipinski definition) is 4. The second kappa shape index (κ2) is 9.49. The van der Waals surface area contributed by atoms with E-state index in [2.05, 4.69) is 10.3 Å². The molecule has 8 heteroatoms. The lowest BCUT2D eigenvalue weighted by Crippen LogP contribution is -2.64. The van der Waals surface area contributed by atoms with Crippen LogP contribution in [0.4, 0.5) is 14.9 Å². The number of nitrogens with one attached hydrogen (secondary N) is 1. The standard InChI is InChI=1S/C24H23FN4O3/c1-32-21-12-10-18(11-13-21)15-28-22(26-20-9-5-8-19(25)14-20)27-23(30)29(24(28)31)16-17-6-3-2-4-7-17/h2-14,24,31H,15-16H2,1H3,(H,26,27,30). The molecule has 32 heavy (non-hydrogen) atoms. The lowest BCUT2D eigenvalue weighted by molar-refractivity contribution is -0.0731. The van der Waals surface area contributed by atoms with Gasteiger partial charge in [0.05, 0.1) is 25.9 Å². The summed E-state index contributed by atoms with van der Waals surface area (Å²) in [4.78, 5) is 20.1. The lowest BCUT2D eigenvalue weighted by Gasteiger charge is -2.42. The van der Waals surface area contributed by atoms with Crippen LogP contribution in [0.2, 0.25) is 0 Å². The van der Waals surface area contributed by atoms with Crippen LogP contribution < -0.4 is 10.1 Å². The third kappa shape index (κ3) is 4.87. The predicted octanol–water partition coefficient (Wildman–Crippen LogP) is 3.83. The molecule has 7 nitrogen and oxygen atoms in total. The maximum Gasteiger partial charge on any atom is 0.327 e. The summed E-state index contributed by atoms with van der Waals surface area (Å²) in [5.74, 6) is 0.399. The van der Waals surface area contributed by atoms with Crippen molar-refractivity contribution >= 4 is 17.7 Å². The van der Waals surface area contributed by atoms with Gasteiger partial charge in [-0.3, -0.25) is 15.1 Å². The van der Waals surface area contributed by atoms with Gasteiger partial charge in [0.1, 0.15) is 11.6 Å². The fraction of sp³-hybridized carbons (Fsp3) is 0.167. The first kappa shape index (κ1) is 21.3. The molecule has 2 N–H and O–H groups in total. The number of amides is 2. The molecule has 1 heterocycles. The van der Waals surface area contributed by atoms with Gasteiger partial charge in [0.2, 0.25) is 12.3 Å². The summed E-state index contributed by atoms with van der Waals surface area (Å²) in [6.45, 7) is 0.463. The van der Waals surface area contributed by atoms with E-state index in [4.69, 9.17) is 4.74 Å². The van der Waals surface area contributed by atoms with Crippen molar-refractivity contribution in [2.24, 2.45) is 4.99 Å². The van der Waals surface area contributed by atoms with Gasteiger partial charge in [0.25, 0.3) is 0 Å². The number of halogens is 1. The molecule has 1 aliphatic rings. The molecule has 0 bridgehead atoms. The van der Waals surface area contributed by atoms with E-state index in [0.29, 0.717) is 11.4 Å². The molecule has 0 radical (unpaired) electrons. The highest BCUT2D eigenvalue weighted by Crippen LogP contribution is 2.22. The Hall–Kier alpha value is -3.91. The van der Waals surface area contributed by atoms with Crippen molar-refractivity contribution in [3.05, 3.63) is 95.8 Å². The number of aliphatic hydroxyl groups excluding tert-OH is 1. The van der Waals surface area contributed by atoms with Crippen LogP contribution in [0.3, 0.4) is 0 Å². The molecule has 0 spiro atoms. The van der Waals surface area contributed by atoms with Gasteiger partial charge in [-0.2, -0.15) is 0 Å². The monoisotopic (exact) mass is 434 g/mol. The molecule has 1 aliphatic heterocycles. The van der Waals surface area contributed by atoms with E-state index in [-0.39, 0.29) is 19.0 Å². The van der Waals surface area contributed by atoms with E-state index in [1.807, 2.05) is 54.6 Å². The first-order valence-electron chi connectivity index (χ1n) is 10.1. The van der Waals surface area contributed by atoms with Crippen molar-refractivity contribution in [2.45, 2.75) is 19.4 Å². The lowest BCUT2D eigenvalue weighted by atomic mass is 10.2. The summed E-state index contributed by atoms with van der Waals surface area (Å²) in [5.41, 5.74) is 2.06. The molecular weight excluding hydrogens is 411 g/mol. The summed E-state index contributed by atoms with van der Waals surface area (Å²) >= 11 is 0. The number of guanidine groups is 1. The minimum atomic E-state index is -1.28. The zero-order valence-electron chi connectivity index (χ0n) is 17.5. The van der Waals surface area contributed by atoms with Crippen LogP contribution in [0.5, 0.6) is 5.75 Å². The Kier molecular flexibility index (Phi) is 6.32. The van der Waals surface area contributed by atoms with Gasteiger partial charge < -0.3 is 9.84 Å². The Bertz CT molecular complexity index is 1110. The van der Waals surface area contributed by atoms with E-state index >= 15 is 0 Å². The Balaban J connectivity index is 1.66. The summed E-state index contributed by atoms with van der Waals surface area (Å²) < 4.78 is 18.9. The van der Waals surface area contributed by atoms with Gasteiger partial charge in [-0.05, 0) is 41.5 Å². The molecule has 1 unspecified atom stereocenters. The molecule has 3 aromatic carbocycles. The van der Waals surface area contributed by atoms with Crippen LogP contribution in [-0.2, 0) is 13.1 Å². The van der Waals surface area contributed by atoms with Crippen molar-refractivity contribution in [2.75, 3.05) is 7.11 Å². The molecule has 0 aromatic heterocycles. The molecule has 164 valence electrons. The van der Waals surface area contributed by atoms with Crippen LogP contribution in [0.25, 0.3) is 0 Å². The minimum absolute atomic E-state index is 0.133. The quantitative estimate of drug-likeness (QED) is 0.618. The molecule has 0 saturated carbocycles. The topological polar surface area (TPSA) is 77.4 Å². The molecule has 4 rings (SSSR count). The van der Waals surface area contributed by atoms with Crippen LogP contribution in [0, 0.1) is 5.82 Å². The Morgan fingerprint density at radius 3 is 2.34 bits per heavy atom. The molecular formula is C24H23FN4O3.